The van der Waals surface area contributed by atoms with Crippen molar-refractivity contribution in [3.05, 3.63) is 122 Å². The van der Waals surface area contributed by atoms with Gasteiger partial charge in [0.1, 0.15) is 13.2 Å². The number of unbranched alkanes of at least 4 members (excludes halogenated alkanes) is 14. The van der Waals surface area contributed by atoms with Gasteiger partial charge in [-0.25, -0.2) is 0 Å². The molecule has 0 N–H and O–H groups in total. The van der Waals surface area contributed by atoms with Gasteiger partial charge in [-0.1, -0.05) is 200 Å². The van der Waals surface area contributed by atoms with Gasteiger partial charge in [-0.3, -0.25) is 14.4 Å². The number of hydrogen-bond acceptors (Lipinski definition) is 6. The fraction of sp³-hybridized carbons (Fsp3) is 0.589. The normalized spacial score (nSPS) is 13.1. The molecule has 0 spiro atoms. The highest BCUT2D eigenvalue weighted by Gasteiger charge is 2.19. The smallest absolute Gasteiger partial charge is 0.306 e. The van der Waals surface area contributed by atoms with E-state index >= 15 is 0 Å². The summed E-state index contributed by atoms with van der Waals surface area (Å²) in [7, 11) is 0. The van der Waals surface area contributed by atoms with Crippen LogP contribution in [0.1, 0.15) is 194 Å². The molecule has 6 nitrogen and oxygen atoms in total. The minimum absolute atomic E-state index is 0.122. The molecule has 0 aliphatic rings. The summed E-state index contributed by atoms with van der Waals surface area (Å²) >= 11 is 0. The van der Waals surface area contributed by atoms with Crippen LogP contribution in [0.5, 0.6) is 0 Å². The Kier molecular flexibility index (Phi) is 46.1. The molecule has 348 valence electrons. The lowest BCUT2D eigenvalue weighted by Crippen LogP contribution is -2.30. The zero-order valence-electron chi connectivity index (χ0n) is 39.6. The molecular weight excluding hydrogens is 769 g/mol. The molecule has 0 aromatic heterocycles. The van der Waals surface area contributed by atoms with Gasteiger partial charge in [-0.15, -0.1) is 0 Å². The number of carbonyl (C=O) groups excluding carboxylic acids is 3. The second kappa shape index (κ2) is 49.5. The van der Waals surface area contributed by atoms with E-state index in [4.69, 9.17) is 14.2 Å². The van der Waals surface area contributed by atoms with E-state index in [0.29, 0.717) is 12.8 Å². The zero-order valence-corrected chi connectivity index (χ0v) is 39.6. The molecule has 0 saturated heterocycles. The Hall–Kier alpha value is -4.19. The monoisotopic (exact) mass is 857 g/mol. The van der Waals surface area contributed by atoms with Gasteiger partial charge >= 0.3 is 17.9 Å². The molecule has 0 bridgehead atoms. The number of rotatable bonds is 42. The van der Waals surface area contributed by atoms with E-state index in [1.807, 2.05) is 36.5 Å². The molecule has 0 saturated carbocycles. The molecule has 0 rings (SSSR count). The van der Waals surface area contributed by atoms with Crippen LogP contribution in [-0.4, -0.2) is 37.2 Å². The van der Waals surface area contributed by atoms with E-state index in [1.165, 1.54) is 38.5 Å². The maximum absolute atomic E-state index is 12.8. The largest absolute Gasteiger partial charge is 0.462 e. The van der Waals surface area contributed by atoms with Crippen molar-refractivity contribution in [3.8, 4) is 0 Å². The quantitative estimate of drug-likeness (QED) is 0.0200. The maximum Gasteiger partial charge on any atom is 0.306 e. The molecule has 6 heteroatoms. The molecule has 0 aromatic rings. The molecule has 0 aromatic carbocycles. The second-order valence-electron chi connectivity index (χ2n) is 15.7. The molecule has 0 amide bonds. The first-order valence-corrected chi connectivity index (χ1v) is 24.6. The third-order valence-corrected chi connectivity index (χ3v) is 9.79. The Labute approximate surface area is 380 Å². The van der Waals surface area contributed by atoms with Gasteiger partial charge in [0.15, 0.2) is 6.10 Å². The van der Waals surface area contributed by atoms with Crippen molar-refractivity contribution in [2.45, 2.75) is 200 Å². The molecule has 0 heterocycles. The van der Waals surface area contributed by atoms with E-state index in [0.717, 1.165) is 109 Å². The Morgan fingerprint density at radius 3 is 1.29 bits per heavy atom. The van der Waals surface area contributed by atoms with E-state index in [1.54, 1.807) is 0 Å². The molecule has 1 atom stereocenters. The van der Waals surface area contributed by atoms with Crippen LogP contribution in [0.3, 0.4) is 0 Å². The average molecular weight is 857 g/mol. The highest BCUT2D eigenvalue weighted by Crippen LogP contribution is 2.12. The van der Waals surface area contributed by atoms with Crippen LogP contribution in [0, 0.1) is 0 Å². The van der Waals surface area contributed by atoms with Crippen molar-refractivity contribution in [1.82, 2.24) is 0 Å². The highest BCUT2D eigenvalue weighted by atomic mass is 16.6. The molecule has 0 aliphatic heterocycles. The summed E-state index contributed by atoms with van der Waals surface area (Å²) in [5.74, 6) is -1.06. The summed E-state index contributed by atoms with van der Waals surface area (Å²) in [5, 5.41) is 0. The van der Waals surface area contributed by atoms with Crippen LogP contribution in [0.25, 0.3) is 0 Å². The van der Waals surface area contributed by atoms with E-state index < -0.39 is 6.10 Å². The third-order valence-electron chi connectivity index (χ3n) is 9.79. The summed E-state index contributed by atoms with van der Waals surface area (Å²) in [5.41, 5.74) is 0. The van der Waals surface area contributed by atoms with Gasteiger partial charge < -0.3 is 14.2 Å². The maximum atomic E-state index is 12.8. The van der Waals surface area contributed by atoms with Crippen LogP contribution < -0.4 is 0 Å². The molecule has 1 unspecified atom stereocenters. The van der Waals surface area contributed by atoms with Crippen molar-refractivity contribution in [1.29, 1.82) is 0 Å². The van der Waals surface area contributed by atoms with Crippen molar-refractivity contribution < 1.29 is 28.6 Å². The summed E-state index contributed by atoms with van der Waals surface area (Å²) < 4.78 is 16.7. The molecule has 0 radical (unpaired) electrons. The molecular formula is C56H88O6. The lowest BCUT2D eigenvalue weighted by molar-refractivity contribution is -0.166. The number of carbonyl (C=O) groups is 3. The molecule has 62 heavy (non-hydrogen) atoms. The van der Waals surface area contributed by atoms with Crippen LogP contribution >= 0.6 is 0 Å². The number of ether oxygens (including phenoxy) is 3. The van der Waals surface area contributed by atoms with Crippen LogP contribution in [0.4, 0.5) is 0 Å². The van der Waals surface area contributed by atoms with Crippen molar-refractivity contribution >= 4 is 17.9 Å². The lowest BCUT2D eigenvalue weighted by atomic mass is 10.1. The molecule has 0 aliphatic carbocycles. The van der Waals surface area contributed by atoms with Gasteiger partial charge in [-0.05, 0) is 96.3 Å². The predicted octanol–water partition coefficient (Wildman–Crippen LogP) is 16.1. The van der Waals surface area contributed by atoms with Crippen molar-refractivity contribution in [2.75, 3.05) is 13.2 Å². The van der Waals surface area contributed by atoms with E-state index in [9.17, 15) is 14.4 Å². The minimum atomic E-state index is -0.829. The number of allylic oxidation sites excluding steroid dienone is 20. The Bertz CT molecular complexity index is 1350. The summed E-state index contributed by atoms with van der Waals surface area (Å²) in [4.78, 5) is 37.9. The first kappa shape index (κ1) is 57.8. The predicted molar refractivity (Wildman–Crippen MR) is 265 cm³/mol. The van der Waals surface area contributed by atoms with Gasteiger partial charge in [0.2, 0.25) is 0 Å². The Morgan fingerprint density at radius 1 is 0.355 bits per heavy atom. The van der Waals surface area contributed by atoms with Gasteiger partial charge in [0, 0.05) is 19.3 Å². The highest BCUT2D eigenvalue weighted by molar-refractivity contribution is 5.71. The first-order valence-electron chi connectivity index (χ1n) is 24.6. The van der Waals surface area contributed by atoms with Gasteiger partial charge in [0.05, 0.1) is 0 Å². The summed E-state index contributed by atoms with van der Waals surface area (Å²) in [6.07, 6.45) is 67.6. The zero-order chi connectivity index (χ0) is 45.1. The fourth-order valence-electron chi connectivity index (χ4n) is 6.14. The topological polar surface area (TPSA) is 78.9 Å². The SMILES string of the molecule is CC\C=C/C=C\C=C/C=C\CCCCCCCC(=O)OC(COC(=O)CC/C=C\C/C=C\C/C=C\C/C=C\C/C=C\CC)COC(=O)CCCCC/C=C\CCCCCCCC. The average Bonchev–Trinajstić information content (AvgIpc) is 3.27. The lowest BCUT2D eigenvalue weighted by Gasteiger charge is -2.18. The summed E-state index contributed by atoms with van der Waals surface area (Å²) in [6, 6.07) is 0. The second-order valence-corrected chi connectivity index (χ2v) is 15.7. The number of esters is 3. The third kappa shape index (κ3) is 46.9. The van der Waals surface area contributed by atoms with E-state index in [-0.39, 0.29) is 44.0 Å². The fourth-order valence-corrected chi connectivity index (χ4v) is 6.14. The van der Waals surface area contributed by atoms with Crippen LogP contribution in [-0.2, 0) is 28.6 Å². The van der Waals surface area contributed by atoms with E-state index in [2.05, 4.69) is 106 Å². The Morgan fingerprint density at radius 2 is 0.742 bits per heavy atom. The Balaban J connectivity index is 4.59. The minimum Gasteiger partial charge on any atom is -0.462 e. The van der Waals surface area contributed by atoms with Crippen molar-refractivity contribution in [3.63, 3.8) is 0 Å². The first-order chi connectivity index (χ1) is 30.5. The summed E-state index contributed by atoms with van der Waals surface area (Å²) in [6.45, 7) is 6.25. The van der Waals surface area contributed by atoms with Crippen LogP contribution in [0.15, 0.2) is 122 Å². The number of hydrogen-bond donors (Lipinski definition) is 0. The van der Waals surface area contributed by atoms with Crippen molar-refractivity contribution in [2.24, 2.45) is 0 Å². The van der Waals surface area contributed by atoms with Gasteiger partial charge in [-0.2, -0.15) is 0 Å². The van der Waals surface area contributed by atoms with Gasteiger partial charge in [0.25, 0.3) is 0 Å². The van der Waals surface area contributed by atoms with Crippen LogP contribution in [0.2, 0.25) is 0 Å². The standard InChI is InChI=1S/C56H88O6/c1-4-7-10-13-16-19-22-25-27-29-31-34-37-40-43-46-49-55(58)61-52-53(51-60-54(57)48-45-42-39-36-33-30-24-21-18-15-12-9-6-3)62-56(59)50-47-44-41-38-35-32-28-26-23-20-17-14-11-8-5-2/h7-8,10-11,14,16-17,19-20,23,25-28,30-31,33-34,40,43,53H,4-6,9,12-13,15,18,21-22,24,29,32,35-39,41-42,44-52H2,1-3H3/b10-7-,11-8-,17-14-,19-16-,23-20-,27-25-,28-26-,33-30-,34-31-,43-40-. The molecule has 0 fully saturated rings.